The highest BCUT2D eigenvalue weighted by Gasteiger charge is 2.46. The van der Waals surface area contributed by atoms with Crippen molar-refractivity contribution in [3.63, 3.8) is 0 Å². The number of esters is 3. The van der Waals surface area contributed by atoms with E-state index in [1.54, 1.807) is 143 Å². The predicted octanol–water partition coefficient (Wildman–Crippen LogP) is 12.4. The predicted molar refractivity (Wildman–Crippen MR) is 356 cm³/mol. The molecule has 0 aliphatic carbocycles. The third-order valence-electron chi connectivity index (χ3n) is 14.9. The van der Waals surface area contributed by atoms with Gasteiger partial charge >= 0.3 is 17.9 Å². The quantitative estimate of drug-likeness (QED) is 0.0366. The van der Waals surface area contributed by atoms with Crippen LogP contribution in [0.3, 0.4) is 0 Å². The van der Waals surface area contributed by atoms with Crippen molar-refractivity contribution in [3.05, 3.63) is 238 Å². The number of hydrogen-bond donors (Lipinski definition) is 3. The Morgan fingerprint density at radius 3 is 1.26 bits per heavy atom. The van der Waals surface area contributed by atoms with Gasteiger partial charge in [0.25, 0.3) is 0 Å². The van der Waals surface area contributed by atoms with Crippen LogP contribution in [0, 0.1) is 0 Å². The van der Waals surface area contributed by atoms with E-state index in [1.807, 2.05) is 66.1 Å². The largest absolute Gasteiger partial charge is 0.467 e. The Kier molecular flexibility index (Phi) is 20.7. The second kappa shape index (κ2) is 27.6. The summed E-state index contributed by atoms with van der Waals surface area (Å²) in [5.74, 6) is -1.41. The third kappa shape index (κ3) is 14.2. The second-order valence-corrected chi connectivity index (χ2v) is 27.4. The van der Waals surface area contributed by atoms with Crippen LogP contribution < -0.4 is 14.2 Å². The van der Waals surface area contributed by atoms with E-state index in [2.05, 4.69) is 25.8 Å². The van der Waals surface area contributed by atoms with E-state index in [1.165, 1.54) is 27.5 Å². The van der Waals surface area contributed by atoms with Gasteiger partial charge in [0, 0.05) is 56.5 Å². The zero-order valence-corrected chi connectivity index (χ0v) is 54.6. The fourth-order valence-corrected chi connectivity index (χ4v) is 13.2. The minimum absolute atomic E-state index is 0.259. The molecule has 3 aromatic heterocycles. The Morgan fingerprint density at radius 1 is 0.489 bits per heavy atom. The zero-order chi connectivity index (χ0) is 65.4. The van der Waals surface area contributed by atoms with Crippen LogP contribution in [0.4, 0.5) is 17.1 Å². The molecule has 3 heterocycles. The number of carbonyl (C=O) groups is 3. The highest BCUT2D eigenvalue weighted by atomic mass is 35.5. The number of hydrogen-bond acceptors (Lipinski definition) is 13. The van der Waals surface area contributed by atoms with Gasteiger partial charge in [0.2, 0.25) is 30.1 Å². The lowest BCUT2D eigenvalue weighted by Crippen LogP contribution is -2.45. The number of rotatable bonds is 20. The number of sulfonamides is 3. The Morgan fingerprint density at radius 2 is 0.856 bits per heavy atom. The first kappa shape index (κ1) is 67.3. The van der Waals surface area contributed by atoms with E-state index in [0.29, 0.717) is 94.4 Å². The molecule has 3 unspecified atom stereocenters. The van der Waals surface area contributed by atoms with Gasteiger partial charge < -0.3 is 23.3 Å². The van der Waals surface area contributed by atoms with Gasteiger partial charge in [-0.15, -0.1) is 6.58 Å². The maximum absolute atomic E-state index is 13.6. The number of fused-ring (bicyclic) bond motifs is 3. The van der Waals surface area contributed by atoms with Crippen molar-refractivity contribution >= 4 is 133 Å². The summed E-state index contributed by atoms with van der Waals surface area (Å²) in [5, 5.41) is 7.98. The maximum atomic E-state index is 13.6. The number of aromatic nitrogens is 4. The van der Waals surface area contributed by atoms with E-state index in [0.717, 1.165) is 24.3 Å². The molecule has 0 aliphatic heterocycles. The van der Waals surface area contributed by atoms with Crippen molar-refractivity contribution < 1.29 is 53.8 Å². The van der Waals surface area contributed by atoms with Crippen molar-refractivity contribution in [2.45, 2.75) is 42.8 Å². The minimum atomic E-state index is -3.49. The number of benzene rings is 7. The van der Waals surface area contributed by atoms with E-state index < -0.39 is 64.6 Å². The number of nitrogens with one attached hydrogen (secondary N) is 3. The SMILES string of the molecule is C=CCC(C(=O)OC)(c1ccc(Cl)cc1)n1ccc2c(NS(C)(=O)=O)cccc21.CCC(C(=O)OC)(c1ccc(Cl)cc1)n1ncc2c(NS(C)(=O)=O)cccc21.COC(=O)C(Cc1ccccc1)(c1ccc(Cl)cc1)n1ccc2c(NS(C)(=O)=O)cccc21. The molecule has 0 bridgehead atoms. The molecule has 25 heteroatoms. The van der Waals surface area contributed by atoms with Gasteiger partial charge in [-0.25, -0.2) is 44.3 Å². The standard InChI is InChI=1S/C25H23ClN2O4S.C21H21ClN2O4S.C19H20ClN3O4S/c1-32-24(29)25(17-18-7-4-3-5-8-18,19-11-13-20(26)14-12-19)28-16-15-21-22(27-33(2,30)31)9-6-10-23(21)28;1-4-13-21(20(25)28-2,15-8-10-16(22)11-9-15)24-14-12-17-18(23-29(3,26)27)6-5-7-19(17)24;1-4-19(18(24)27-2,13-8-10-14(20)11-9-13)23-17-7-5-6-16(15(17)12-21-23)22-28(3,25)26/h3-16,27H,17H2,1-2H3;4-12,14,23H,1,13H2,2-3H3;5-12,22H,4H2,1-3H3. The molecule has 0 spiro atoms. The monoisotopic (exact) mass is 1340 g/mol. The van der Waals surface area contributed by atoms with Gasteiger partial charge in [-0.2, -0.15) is 5.10 Å². The molecule has 0 saturated carbocycles. The average Bonchev–Trinajstić information content (AvgIpc) is 1.47. The molecule has 19 nitrogen and oxygen atoms in total. The summed E-state index contributed by atoms with van der Waals surface area (Å²) >= 11 is 18.2. The number of halogens is 3. The summed E-state index contributed by atoms with van der Waals surface area (Å²) < 4.78 is 99.1. The fourth-order valence-electron chi connectivity index (χ4n) is 11.1. The van der Waals surface area contributed by atoms with E-state index >= 15 is 0 Å². The molecule has 7 aromatic carbocycles. The van der Waals surface area contributed by atoms with Crippen LogP contribution in [0.15, 0.2) is 201 Å². The van der Waals surface area contributed by atoms with Crippen LogP contribution in [0.25, 0.3) is 32.7 Å². The normalized spacial score (nSPS) is 13.6. The summed E-state index contributed by atoms with van der Waals surface area (Å²) in [6.07, 6.45) is 10.9. The number of anilines is 3. The lowest BCUT2D eigenvalue weighted by Gasteiger charge is -2.34. The van der Waals surface area contributed by atoms with Crippen molar-refractivity contribution in [1.82, 2.24) is 18.9 Å². The van der Waals surface area contributed by atoms with Gasteiger partial charge in [0.1, 0.15) is 0 Å². The molecule has 0 aliphatic rings. The molecular weight excluding hydrogens is 1270 g/mol. The van der Waals surface area contributed by atoms with Crippen molar-refractivity contribution in [3.8, 4) is 0 Å². The summed E-state index contributed by atoms with van der Waals surface area (Å²) in [5.41, 5.74) is 2.44. The summed E-state index contributed by atoms with van der Waals surface area (Å²) in [6.45, 7) is 5.68. The van der Waals surface area contributed by atoms with Crippen LogP contribution >= 0.6 is 34.8 Å². The highest BCUT2D eigenvalue weighted by molar-refractivity contribution is 7.92. The van der Waals surface area contributed by atoms with E-state index in [-0.39, 0.29) is 6.42 Å². The number of methoxy groups -OCH3 is 3. The number of allylic oxidation sites excluding steroid dienone is 1. The Bertz CT molecular complexity index is 4620. The Labute approximate surface area is 537 Å². The lowest BCUT2D eigenvalue weighted by atomic mass is 9.83. The van der Waals surface area contributed by atoms with Gasteiger partial charge in [-0.05, 0) is 114 Å². The van der Waals surface area contributed by atoms with Crippen LogP contribution in [0.5, 0.6) is 0 Å². The number of ether oxygens (including phenoxy) is 3. The first-order chi connectivity index (χ1) is 42.7. The highest BCUT2D eigenvalue weighted by Crippen LogP contribution is 2.41. The van der Waals surface area contributed by atoms with E-state index in [9.17, 15) is 39.6 Å². The smallest absolute Gasteiger partial charge is 0.338 e. The summed E-state index contributed by atoms with van der Waals surface area (Å²) in [6, 6.07) is 49.8. The van der Waals surface area contributed by atoms with Crippen LogP contribution in [0.2, 0.25) is 15.1 Å². The molecule has 3 atom stereocenters. The van der Waals surface area contributed by atoms with E-state index in [4.69, 9.17) is 49.0 Å². The van der Waals surface area contributed by atoms with Crippen LogP contribution in [-0.2, 0) is 81.7 Å². The molecule has 90 heavy (non-hydrogen) atoms. The molecule has 0 saturated heterocycles. The first-order valence-electron chi connectivity index (χ1n) is 27.5. The van der Waals surface area contributed by atoms with Crippen molar-refractivity contribution in [1.29, 1.82) is 0 Å². The molecule has 0 fully saturated rings. The van der Waals surface area contributed by atoms with Gasteiger partial charge in [0.05, 0.1) is 79.9 Å². The van der Waals surface area contributed by atoms with Gasteiger partial charge in [-0.1, -0.05) is 133 Å². The third-order valence-corrected chi connectivity index (χ3v) is 17.5. The van der Waals surface area contributed by atoms with Crippen LogP contribution in [0.1, 0.15) is 42.0 Å². The number of carbonyl (C=O) groups excluding carboxylic acids is 3. The second-order valence-electron chi connectivity index (χ2n) is 20.9. The Balaban J connectivity index is 0.000000175. The molecular formula is C65H64Cl3N7O12S3. The number of nitrogens with zero attached hydrogens (tertiary/aromatic N) is 4. The average molecular weight is 1340 g/mol. The summed E-state index contributed by atoms with van der Waals surface area (Å²) in [4.78, 5) is 39.7. The first-order valence-corrected chi connectivity index (χ1v) is 34.3. The molecule has 3 N–H and O–H groups in total. The summed E-state index contributed by atoms with van der Waals surface area (Å²) in [7, 11) is -6.41. The molecule has 0 radical (unpaired) electrons. The molecule has 0 amide bonds. The fraction of sp³-hybridized carbons (Fsp3) is 0.200. The molecule has 10 rings (SSSR count). The Hall–Kier alpha value is -8.64. The molecule has 470 valence electrons. The lowest BCUT2D eigenvalue weighted by molar-refractivity contribution is -0.150. The van der Waals surface area contributed by atoms with Crippen LogP contribution in [-0.4, -0.2) is 102 Å². The van der Waals surface area contributed by atoms with Gasteiger partial charge in [0.15, 0.2) is 16.6 Å². The van der Waals surface area contributed by atoms with Gasteiger partial charge in [-0.3, -0.25) is 14.2 Å². The maximum Gasteiger partial charge on any atom is 0.338 e. The minimum Gasteiger partial charge on any atom is -0.467 e. The van der Waals surface area contributed by atoms with Crippen molar-refractivity contribution in [2.24, 2.45) is 0 Å². The molecule has 10 aromatic rings. The van der Waals surface area contributed by atoms with Crippen molar-refractivity contribution in [2.75, 3.05) is 54.3 Å². The zero-order valence-electron chi connectivity index (χ0n) is 49.9. The topological polar surface area (TPSA) is 245 Å².